The third-order valence-corrected chi connectivity index (χ3v) is 3.30. The summed E-state index contributed by atoms with van der Waals surface area (Å²) in [5.41, 5.74) is 1.50. The molecule has 0 aromatic rings. The monoisotopic (exact) mass is 223 g/mol. The molecule has 0 rings (SSSR count). The van der Waals surface area contributed by atoms with Gasteiger partial charge in [-0.2, -0.15) is 0 Å². The van der Waals surface area contributed by atoms with E-state index in [1.54, 1.807) is 0 Å². The van der Waals surface area contributed by atoms with Crippen LogP contribution in [0.15, 0.2) is 23.9 Å². The molecule has 0 bridgehead atoms. The summed E-state index contributed by atoms with van der Waals surface area (Å²) in [5, 5.41) is 0. The van der Waals surface area contributed by atoms with E-state index in [0.717, 1.165) is 12.8 Å². The van der Waals surface area contributed by atoms with Gasteiger partial charge in [-0.3, -0.25) is 0 Å². The van der Waals surface area contributed by atoms with Crippen molar-refractivity contribution in [2.75, 3.05) is 7.05 Å². The van der Waals surface area contributed by atoms with E-state index in [-0.39, 0.29) is 0 Å². The molecule has 0 heterocycles. The molecule has 0 radical (unpaired) electrons. The van der Waals surface area contributed by atoms with Gasteiger partial charge in [-0.05, 0) is 39.0 Å². The fourth-order valence-electron chi connectivity index (χ4n) is 1.89. The summed E-state index contributed by atoms with van der Waals surface area (Å²) in [6.45, 7) is 11.2. The first kappa shape index (κ1) is 15.3. The van der Waals surface area contributed by atoms with Crippen LogP contribution < -0.4 is 0 Å². The SMILES string of the molecule is C/C=C/CC(C)/C(=C/CC)N(C)C(C)CC. The van der Waals surface area contributed by atoms with Crippen LogP contribution in [0.4, 0.5) is 0 Å². The smallest absolute Gasteiger partial charge is 0.0252 e. The van der Waals surface area contributed by atoms with E-state index in [4.69, 9.17) is 0 Å². The van der Waals surface area contributed by atoms with Gasteiger partial charge in [-0.25, -0.2) is 0 Å². The molecule has 0 aliphatic carbocycles. The van der Waals surface area contributed by atoms with Gasteiger partial charge in [0, 0.05) is 18.8 Å². The third kappa shape index (κ3) is 4.87. The standard InChI is InChI=1S/C15H29N/c1-7-10-12-13(4)15(11-8-2)16(6)14(5)9-3/h7,10-11,13-14H,8-9,12H2,1-6H3/b10-7+,15-11-. The Balaban J connectivity index is 4.66. The average molecular weight is 223 g/mol. The predicted molar refractivity (Wildman–Crippen MR) is 74.5 cm³/mol. The van der Waals surface area contributed by atoms with E-state index < -0.39 is 0 Å². The summed E-state index contributed by atoms with van der Waals surface area (Å²) >= 11 is 0. The predicted octanol–water partition coefficient (Wildman–Crippen LogP) is 4.61. The maximum absolute atomic E-state index is 2.44. The maximum Gasteiger partial charge on any atom is 0.0252 e. The van der Waals surface area contributed by atoms with E-state index in [1.165, 1.54) is 12.1 Å². The minimum absolute atomic E-state index is 0.621. The minimum atomic E-state index is 0.621. The summed E-state index contributed by atoms with van der Waals surface area (Å²) in [4.78, 5) is 2.44. The summed E-state index contributed by atoms with van der Waals surface area (Å²) in [5.74, 6) is 0.621. The number of hydrogen-bond acceptors (Lipinski definition) is 1. The minimum Gasteiger partial charge on any atom is -0.375 e. The zero-order chi connectivity index (χ0) is 12.6. The molecule has 0 N–H and O–H groups in total. The van der Waals surface area contributed by atoms with Gasteiger partial charge in [-0.15, -0.1) is 0 Å². The average Bonchev–Trinajstić information content (AvgIpc) is 2.30. The number of rotatable bonds is 7. The zero-order valence-electron chi connectivity index (χ0n) is 12.0. The Labute approximate surface area is 102 Å². The van der Waals surface area contributed by atoms with E-state index in [1.807, 2.05) is 0 Å². The first-order valence-corrected chi connectivity index (χ1v) is 6.62. The first-order chi connectivity index (χ1) is 7.58. The fraction of sp³-hybridized carbons (Fsp3) is 0.733. The number of allylic oxidation sites excluding steroid dienone is 4. The van der Waals surface area contributed by atoms with Crippen LogP contribution in [0.25, 0.3) is 0 Å². The highest BCUT2D eigenvalue weighted by Crippen LogP contribution is 2.22. The molecule has 0 aromatic carbocycles. The van der Waals surface area contributed by atoms with Crippen molar-refractivity contribution >= 4 is 0 Å². The molecule has 0 aromatic heterocycles. The quantitative estimate of drug-likeness (QED) is 0.570. The molecule has 0 spiro atoms. The van der Waals surface area contributed by atoms with Crippen molar-refractivity contribution in [2.24, 2.45) is 5.92 Å². The Hall–Kier alpha value is -0.720. The van der Waals surface area contributed by atoms with Gasteiger partial charge in [0.1, 0.15) is 0 Å². The Bertz CT molecular complexity index is 228. The van der Waals surface area contributed by atoms with Gasteiger partial charge in [0.05, 0.1) is 0 Å². The van der Waals surface area contributed by atoms with Gasteiger partial charge in [0.2, 0.25) is 0 Å². The topological polar surface area (TPSA) is 3.24 Å². The molecule has 1 nitrogen and oxygen atoms in total. The first-order valence-electron chi connectivity index (χ1n) is 6.62. The lowest BCUT2D eigenvalue weighted by Gasteiger charge is -2.32. The fourth-order valence-corrected chi connectivity index (χ4v) is 1.89. The van der Waals surface area contributed by atoms with Gasteiger partial charge in [-0.1, -0.05) is 39.0 Å². The molecular formula is C15H29N. The molecule has 0 amide bonds. The van der Waals surface area contributed by atoms with Crippen LogP contribution in [-0.2, 0) is 0 Å². The van der Waals surface area contributed by atoms with Crippen LogP contribution in [0.3, 0.4) is 0 Å². The lowest BCUT2D eigenvalue weighted by Crippen LogP contribution is -2.30. The summed E-state index contributed by atoms with van der Waals surface area (Å²) in [7, 11) is 2.22. The van der Waals surface area contributed by atoms with Crippen molar-refractivity contribution in [3.05, 3.63) is 23.9 Å². The molecule has 2 unspecified atom stereocenters. The largest absolute Gasteiger partial charge is 0.375 e. The lowest BCUT2D eigenvalue weighted by molar-refractivity contribution is 0.282. The highest BCUT2D eigenvalue weighted by Gasteiger charge is 2.15. The Morgan fingerprint density at radius 1 is 1.25 bits per heavy atom. The van der Waals surface area contributed by atoms with E-state index in [9.17, 15) is 0 Å². The summed E-state index contributed by atoms with van der Waals surface area (Å²) in [6, 6.07) is 0.630. The van der Waals surface area contributed by atoms with Crippen molar-refractivity contribution in [3.8, 4) is 0 Å². The zero-order valence-corrected chi connectivity index (χ0v) is 12.0. The third-order valence-electron chi connectivity index (χ3n) is 3.30. The second-order valence-electron chi connectivity index (χ2n) is 4.61. The van der Waals surface area contributed by atoms with Crippen LogP contribution in [0.2, 0.25) is 0 Å². The Kier molecular flexibility index (Phi) is 8.05. The molecule has 0 aliphatic rings. The molecule has 0 aliphatic heterocycles. The van der Waals surface area contributed by atoms with Gasteiger partial charge >= 0.3 is 0 Å². The number of nitrogens with zero attached hydrogens (tertiary/aromatic N) is 1. The maximum atomic E-state index is 2.44. The molecule has 0 saturated heterocycles. The highest BCUT2D eigenvalue weighted by atomic mass is 15.1. The molecule has 0 fully saturated rings. The molecule has 16 heavy (non-hydrogen) atoms. The second kappa shape index (κ2) is 8.43. The second-order valence-corrected chi connectivity index (χ2v) is 4.61. The normalized spacial score (nSPS) is 16.5. The summed E-state index contributed by atoms with van der Waals surface area (Å²) in [6.07, 6.45) is 10.2. The van der Waals surface area contributed by atoms with Crippen molar-refractivity contribution < 1.29 is 0 Å². The van der Waals surface area contributed by atoms with Crippen LogP contribution in [0.1, 0.15) is 53.9 Å². The molecular weight excluding hydrogens is 194 g/mol. The van der Waals surface area contributed by atoms with Crippen LogP contribution in [0, 0.1) is 5.92 Å². The van der Waals surface area contributed by atoms with Gasteiger partial charge in [0.25, 0.3) is 0 Å². The lowest BCUT2D eigenvalue weighted by atomic mass is 10.00. The molecule has 1 heteroatoms. The van der Waals surface area contributed by atoms with Crippen LogP contribution in [-0.4, -0.2) is 18.0 Å². The summed E-state index contributed by atoms with van der Waals surface area (Å²) < 4.78 is 0. The van der Waals surface area contributed by atoms with Crippen molar-refractivity contribution in [1.29, 1.82) is 0 Å². The van der Waals surface area contributed by atoms with E-state index in [2.05, 4.69) is 64.8 Å². The van der Waals surface area contributed by atoms with E-state index in [0.29, 0.717) is 12.0 Å². The Morgan fingerprint density at radius 2 is 1.88 bits per heavy atom. The molecule has 94 valence electrons. The molecule has 0 saturated carbocycles. The van der Waals surface area contributed by atoms with Gasteiger partial charge in [0.15, 0.2) is 0 Å². The van der Waals surface area contributed by atoms with Crippen LogP contribution >= 0.6 is 0 Å². The van der Waals surface area contributed by atoms with Crippen LogP contribution in [0.5, 0.6) is 0 Å². The highest BCUT2D eigenvalue weighted by molar-refractivity contribution is 5.07. The van der Waals surface area contributed by atoms with Crippen molar-refractivity contribution in [2.45, 2.75) is 59.9 Å². The molecule has 2 atom stereocenters. The number of hydrogen-bond donors (Lipinski definition) is 0. The van der Waals surface area contributed by atoms with Crippen molar-refractivity contribution in [3.63, 3.8) is 0 Å². The Morgan fingerprint density at radius 3 is 2.31 bits per heavy atom. The van der Waals surface area contributed by atoms with Crippen molar-refractivity contribution in [1.82, 2.24) is 4.90 Å². The van der Waals surface area contributed by atoms with Gasteiger partial charge < -0.3 is 4.90 Å². The van der Waals surface area contributed by atoms with E-state index >= 15 is 0 Å².